The van der Waals surface area contributed by atoms with Gasteiger partial charge >= 0.3 is 0 Å². The smallest absolute Gasteiger partial charge is 0.220 e. The largest absolute Gasteiger partial charge is 0.396 e. The normalized spacial score (nSPS) is 22.4. The van der Waals surface area contributed by atoms with Crippen molar-refractivity contribution in [1.82, 2.24) is 5.32 Å². The average Bonchev–Trinajstić information content (AvgIpc) is 2.84. The summed E-state index contributed by atoms with van der Waals surface area (Å²) in [5.74, 6) is 0.333. The quantitative estimate of drug-likeness (QED) is 0.874. The number of hydrogen-bond donors (Lipinski definition) is 2. The zero-order valence-electron chi connectivity index (χ0n) is 10.9. The van der Waals surface area contributed by atoms with E-state index in [-0.39, 0.29) is 24.5 Å². The molecule has 1 aliphatic carbocycles. The second kappa shape index (κ2) is 7.06. The highest BCUT2D eigenvalue weighted by molar-refractivity contribution is 9.10. The van der Waals surface area contributed by atoms with Gasteiger partial charge in [0, 0.05) is 29.5 Å². The summed E-state index contributed by atoms with van der Waals surface area (Å²) in [5.41, 5.74) is 1.16. The Hall–Kier alpha value is -0.870. The molecule has 4 heteroatoms. The minimum Gasteiger partial charge on any atom is -0.396 e. The van der Waals surface area contributed by atoms with E-state index in [9.17, 15) is 9.90 Å². The zero-order valence-corrected chi connectivity index (χ0v) is 12.5. The van der Waals surface area contributed by atoms with E-state index < -0.39 is 0 Å². The van der Waals surface area contributed by atoms with E-state index in [0.29, 0.717) is 6.42 Å². The second-order valence-electron chi connectivity index (χ2n) is 5.18. The fourth-order valence-electron chi connectivity index (χ4n) is 2.67. The maximum absolute atomic E-state index is 11.9. The van der Waals surface area contributed by atoms with E-state index in [1.165, 1.54) is 0 Å². The lowest BCUT2D eigenvalue weighted by Gasteiger charge is -2.18. The van der Waals surface area contributed by atoms with E-state index in [1.807, 2.05) is 24.3 Å². The summed E-state index contributed by atoms with van der Waals surface area (Å²) in [6.07, 6.45) is 4.37. The van der Waals surface area contributed by atoms with Gasteiger partial charge in [-0.3, -0.25) is 4.79 Å². The van der Waals surface area contributed by atoms with Crippen molar-refractivity contribution in [3.63, 3.8) is 0 Å². The lowest BCUT2D eigenvalue weighted by molar-refractivity contribution is -0.122. The third-order valence-electron chi connectivity index (χ3n) is 3.77. The Morgan fingerprint density at radius 1 is 1.42 bits per heavy atom. The number of carbonyl (C=O) groups is 1. The molecule has 1 saturated carbocycles. The number of benzene rings is 1. The van der Waals surface area contributed by atoms with E-state index >= 15 is 0 Å². The molecule has 0 saturated heterocycles. The molecule has 3 nitrogen and oxygen atoms in total. The third kappa shape index (κ3) is 4.32. The topological polar surface area (TPSA) is 49.3 Å². The van der Waals surface area contributed by atoms with Gasteiger partial charge in [-0.2, -0.15) is 0 Å². The predicted molar refractivity (Wildman–Crippen MR) is 78.8 cm³/mol. The SMILES string of the molecule is O=C(CCc1cccc(Br)c1)NC1CCCC1CO. The molecule has 0 aliphatic heterocycles. The maximum Gasteiger partial charge on any atom is 0.220 e. The van der Waals surface area contributed by atoms with Crippen LogP contribution in [0.2, 0.25) is 0 Å². The molecule has 1 aliphatic rings. The van der Waals surface area contributed by atoms with Crippen LogP contribution in [0.3, 0.4) is 0 Å². The molecule has 1 aromatic carbocycles. The molecule has 1 amide bonds. The molecule has 0 heterocycles. The summed E-state index contributed by atoms with van der Waals surface area (Å²) in [5, 5.41) is 12.3. The summed E-state index contributed by atoms with van der Waals surface area (Å²) < 4.78 is 1.04. The van der Waals surface area contributed by atoms with Crippen LogP contribution in [0.4, 0.5) is 0 Å². The Balaban J connectivity index is 1.78. The first kappa shape index (κ1) is 14.5. The minimum absolute atomic E-state index is 0.0883. The summed E-state index contributed by atoms with van der Waals surface area (Å²) in [4.78, 5) is 11.9. The molecule has 1 aromatic rings. The number of aliphatic hydroxyl groups excluding tert-OH is 1. The van der Waals surface area contributed by atoms with Crippen molar-refractivity contribution in [2.24, 2.45) is 5.92 Å². The highest BCUT2D eigenvalue weighted by atomic mass is 79.9. The molecule has 0 aromatic heterocycles. The van der Waals surface area contributed by atoms with Gasteiger partial charge in [0.05, 0.1) is 0 Å². The number of rotatable bonds is 5. The molecule has 2 N–H and O–H groups in total. The molecular weight excluding hydrogens is 306 g/mol. The Labute approximate surface area is 122 Å². The molecule has 2 unspecified atom stereocenters. The van der Waals surface area contributed by atoms with Crippen molar-refractivity contribution in [3.8, 4) is 0 Å². The molecule has 0 bridgehead atoms. The molecule has 104 valence electrons. The number of carbonyl (C=O) groups excluding carboxylic acids is 1. The zero-order chi connectivity index (χ0) is 13.7. The summed E-state index contributed by atoms with van der Waals surface area (Å²) >= 11 is 3.43. The lowest BCUT2D eigenvalue weighted by Crippen LogP contribution is -2.38. The minimum atomic E-state index is 0.0883. The van der Waals surface area contributed by atoms with Gasteiger partial charge in [-0.15, -0.1) is 0 Å². The van der Waals surface area contributed by atoms with Gasteiger partial charge < -0.3 is 10.4 Å². The van der Waals surface area contributed by atoms with Crippen molar-refractivity contribution >= 4 is 21.8 Å². The average molecular weight is 326 g/mol. The van der Waals surface area contributed by atoms with Crippen molar-refractivity contribution in [2.75, 3.05) is 6.61 Å². The second-order valence-corrected chi connectivity index (χ2v) is 6.09. The lowest BCUT2D eigenvalue weighted by atomic mass is 10.0. The van der Waals surface area contributed by atoms with Crippen LogP contribution in [0.1, 0.15) is 31.2 Å². The van der Waals surface area contributed by atoms with E-state index in [0.717, 1.165) is 35.7 Å². The maximum atomic E-state index is 11.9. The first-order valence-corrected chi connectivity index (χ1v) is 7.63. The summed E-state index contributed by atoms with van der Waals surface area (Å²) in [6.45, 7) is 0.177. The van der Waals surface area contributed by atoms with Gasteiger partial charge in [0.2, 0.25) is 5.91 Å². The number of halogens is 1. The Kier molecular flexibility index (Phi) is 5.40. The van der Waals surface area contributed by atoms with Gasteiger partial charge in [-0.05, 0) is 37.0 Å². The Morgan fingerprint density at radius 3 is 3.00 bits per heavy atom. The van der Waals surface area contributed by atoms with Crippen LogP contribution >= 0.6 is 15.9 Å². The molecule has 2 rings (SSSR count). The van der Waals surface area contributed by atoms with Crippen LogP contribution < -0.4 is 5.32 Å². The molecular formula is C15H20BrNO2. The summed E-state index contributed by atoms with van der Waals surface area (Å²) in [6, 6.07) is 8.20. The first-order valence-electron chi connectivity index (χ1n) is 6.83. The fraction of sp³-hybridized carbons (Fsp3) is 0.533. The molecule has 1 fully saturated rings. The fourth-order valence-corrected chi connectivity index (χ4v) is 3.12. The predicted octanol–water partition coefficient (Wildman–Crippen LogP) is 2.66. The molecule has 19 heavy (non-hydrogen) atoms. The number of nitrogens with one attached hydrogen (secondary N) is 1. The monoisotopic (exact) mass is 325 g/mol. The first-order chi connectivity index (χ1) is 9.19. The van der Waals surface area contributed by atoms with Crippen molar-refractivity contribution < 1.29 is 9.90 Å². The van der Waals surface area contributed by atoms with E-state index in [2.05, 4.69) is 21.2 Å². The summed E-state index contributed by atoms with van der Waals surface area (Å²) in [7, 11) is 0. The number of aryl methyl sites for hydroxylation is 1. The number of amides is 1. The van der Waals surface area contributed by atoms with E-state index in [4.69, 9.17) is 0 Å². The van der Waals surface area contributed by atoms with Gasteiger partial charge in [-0.25, -0.2) is 0 Å². The standard InChI is InChI=1S/C15H20BrNO2/c16-13-5-1-3-11(9-13)7-8-15(19)17-14-6-2-4-12(14)10-18/h1,3,5,9,12,14,18H,2,4,6-8,10H2,(H,17,19). The van der Waals surface area contributed by atoms with Gasteiger partial charge in [0.25, 0.3) is 0 Å². The highest BCUT2D eigenvalue weighted by Gasteiger charge is 2.27. The van der Waals surface area contributed by atoms with Crippen molar-refractivity contribution in [2.45, 2.75) is 38.1 Å². The van der Waals surface area contributed by atoms with E-state index in [1.54, 1.807) is 0 Å². The molecule has 2 atom stereocenters. The van der Waals surface area contributed by atoms with Crippen LogP contribution in [0.25, 0.3) is 0 Å². The van der Waals surface area contributed by atoms with Crippen molar-refractivity contribution in [1.29, 1.82) is 0 Å². The van der Waals surface area contributed by atoms with Crippen LogP contribution in [0.5, 0.6) is 0 Å². The highest BCUT2D eigenvalue weighted by Crippen LogP contribution is 2.25. The van der Waals surface area contributed by atoms with Crippen molar-refractivity contribution in [3.05, 3.63) is 34.3 Å². The Morgan fingerprint density at radius 2 is 2.26 bits per heavy atom. The van der Waals surface area contributed by atoms with Crippen LogP contribution in [0.15, 0.2) is 28.7 Å². The van der Waals surface area contributed by atoms with Crippen LogP contribution in [-0.2, 0) is 11.2 Å². The number of hydrogen-bond acceptors (Lipinski definition) is 2. The molecule has 0 spiro atoms. The Bertz CT molecular complexity index is 436. The third-order valence-corrected chi connectivity index (χ3v) is 4.26. The number of aliphatic hydroxyl groups is 1. The van der Waals surface area contributed by atoms with Gasteiger partial charge in [0.1, 0.15) is 0 Å². The van der Waals surface area contributed by atoms with Gasteiger partial charge in [0.15, 0.2) is 0 Å². The van der Waals surface area contributed by atoms with Crippen LogP contribution in [0, 0.1) is 5.92 Å². The van der Waals surface area contributed by atoms with Gasteiger partial charge in [-0.1, -0.05) is 34.5 Å². The van der Waals surface area contributed by atoms with Crippen LogP contribution in [-0.4, -0.2) is 23.7 Å². The molecule has 0 radical (unpaired) electrons.